The number of hydrogen-bond acceptors (Lipinski definition) is 3. The highest BCUT2D eigenvalue weighted by molar-refractivity contribution is 14.0. The molecule has 0 radical (unpaired) electrons. The van der Waals surface area contributed by atoms with Crippen LogP contribution in [0.4, 0.5) is 0 Å². The largest absolute Gasteiger partial charge is 0.357 e. The smallest absolute Gasteiger partial charge is 0.211 e. The summed E-state index contributed by atoms with van der Waals surface area (Å²) in [4.78, 5) is 4.79. The molecule has 6 nitrogen and oxygen atoms in total. The summed E-state index contributed by atoms with van der Waals surface area (Å²) < 4.78 is 24.8. The van der Waals surface area contributed by atoms with Crippen LogP contribution in [0.1, 0.15) is 66.2 Å². The van der Waals surface area contributed by atoms with Gasteiger partial charge in [-0.2, -0.15) is 0 Å². The number of hydrogen-bond donors (Lipinski definition) is 2. The Bertz CT molecular complexity index is 530. The van der Waals surface area contributed by atoms with Gasteiger partial charge in [0, 0.05) is 32.7 Å². The molecule has 0 unspecified atom stereocenters. The monoisotopic (exact) mass is 516 g/mol. The second-order valence-electron chi connectivity index (χ2n) is 8.30. The van der Waals surface area contributed by atoms with E-state index in [1.165, 1.54) is 31.9 Å². The Labute approximate surface area is 184 Å². The molecule has 0 saturated carbocycles. The first-order valence-corrected chi connectivity index (χ1v) is 12.0. The molecule has 27 heavy (non-hydrogen) atoms. The fraction of sp³-hybridized carbons (Fsp3) is 0.947. The summed E-state index contributed by atoms with van der Waals surface area (Å²) in [6.07, 6.45) is 8.11. The first kappa shape index (κ1) is 26.9. The number of unbranched alkanes of at least 4 members (excludes halogenated alkanes) is 2. The topological polar surface area (TPSA) is 73.8 Å². The molecule has 1 aliphatic heterocycles. The molecule has 0 aliphatic carbocycles. The van der Waals surface area contributed by atoms with E-state index < -0.39 is 10.0 Å². The molecule has 162 valence electrons. The highest BCUT2D eigenvalue weighted by Gasteiger charge is 2.25. The maximum Gasteiger partial charge on any atom is 0.211 e. The third-order valence-electron chi connectivity index (χ3n) is 5.07. The van der Waals surface area contributed by atoms with Crippen LogP contribution in [0.3, 0.4) is 0 Å². The van der Waals surface area contributed by atoms with Crippen molar-refractivity contribution >= 4 is 40.0 Å². The number of piperidine rings is 1. The molecule has 2 N–H and O–H groups in total. The zero-order valence-corrected chi connectivity index (χ0v) is 21.0. The highest BCUT2D eigenvalue weighted by atomic mass is 127. The van der Waals surface area contributed by atoms with Gasteiger partial charge in [0.25, 0.3) is 0 Å². The van der Waals surface area contributed by atoms with Crippen LogP contribution >= 0.6 is 24.0 Å². The van der Waals surface area contributed by atoms with Gasteiger partial charge in [0.2, 0.25) is 10.0 Å². The van der Waals surface area contributed by atoms with E-state index in [9.17, 15) is 8.42 Å². The number of nitrogens with one attached hydrogen (secondary N) is 2. The van der Waals surface area contributed by atoms with Gasteiger partial charge in [-0.15, -0.1) is 24.0 Å². The lowest BCUT2D eigenvalue weighted by atomic mass is 9.87. The lowest BCUT2D eigenvalue weighted by molar-refractivity contribution is 0.274. The number of sulfonamides is 1. The summed E-state index contributed by atoms with van der Waals surface area (Å²) in [7, 11) is -3.05. The summed E-state index contributed by atoms with van der Waals surface area (Å²) in [5.74, 6) is 1.37. The Hall–Kier alpha value is -0.0900. The first-order chi connectivity index (χ1) is 12.2. The molecular weight excluding hydrogens is 475 g/mol. The zero-order valence-electron chi connectivity index (χ0n) is 17.9. The second-order valence-corrected chi connectivity index (χ2v) is 10.3. The minimum atomic E-state index is -3.05. The van der Waals surface area contributed by atoms with E-state index >= 15 is 0 Å². The Morgan fingerprint density at radius 3 is 2.30 bits per heavy atom. The molecule has 1 heterocycles. The molecule has 1 fully saturated rings. The maximum absolute atomic E-state index is 11.6. The average molecular weight is 517 g/mol. The molecule has 0 aromatic carbocycles. The fourth-order valence-electron chi connectivity index (χ4n) is 3.25. The summed E-state index contributed by atoms with van der Waals surface area (Å²) >= 11 is 0. The van der Waals surface area contributed by atoms with E-state index in [-0.39, 0.29) is 29.4 Å². The standard InChI is InChI=1S/C19H40N4O2S.HI/c1-6-8-9-12-19(3,4)16-22-18(20-7-2)21-15-17-10-13-23(14-11-17)26(5,24)25;/h17H,6-16H2,1-5H3,(H2,20,21,22);1H. The van der Waals surface area contributed by atoms with Gasteiger partial charge in [0.15, 0.2) is 5.96 Å². The Balaban J connectivity index is 0.00000676. The molecule has 1 saturated heterocycles. The molecule has 0 atom stereocenters. The van der Waals surface area contributed by atoms with Gasteiger partial charge in [-0.3, -0.25) is 4.99 Å². The normalized spacial score (nSPS) is 17.4. The molecule has 0 amide bonds. The van der Waals surface area contributed by atoms with Crippen molar-refractivity contribution < 1.29 is 8.42 Å². The molecule has 0 aromatic heterocycles. The van der Waals surface area contributed by atoms with Crippen LogP contribution < -0.4 is 10.6 Å². The van der Waals surface area contributed by atoms with Crippen molar-refractivity contribution in [3.8, 4) is 0 Å². The number of rotatable bonds is 10. The van der Waals surface area contributed by atoms with Crippen LogP contribution in [0.25, 0.3) is 0 Å². The molecule has 0 bridgehead atoms. The van der Waals surface area contributed by atoms with E-state index in [4.69, 9.17) is 4.99 Å². The van der Waals surface area contributed by atoms with Crippen LogP contribution in [0.2, 0.25) is 0 Å². The fourth-order valence-corrected chi connectivity index (χ4v) is 4.13. The lowest BCUT2D eigenvalue weighted by Crippen LogP contribution is -2.44. The number of aliphatic imine (C=N–C) groups is 1. The highest BCUT2D eigenvalue weighted by Crippen LogP contribution is 2.24. The number of guanidine groups is 1. The molecular formula is C19H41IN4O2S. The summed E-state index contributed by atoms with van der Waals surface area (Å²) in [5.41, 5.74) is 0.221. The summed E-state index contributed by atoms with van der Waals surface area (Å²) in [6.45, 7) is 12.7. The Morgan fingerprint density at radius 1 is 1.15 bits per heavy atom. The average Bonchev–Trinajstić information content (AvgIpc) is 2.57. The third kappa shape index (κ3) is 11.5. The van der Waals surface area contributed by atoms with Crippen molar-refractivity contribution in [2.75, 3.05) is 39.0 Å². The predicted octanol–water partition coefficient (Wildman–Crippen LogP) is 3.44. The van der Waals surface area contributed by atoms with Crippen LogP contribution in [-0.2, 0) is 10.0 Å². The molecule has 1 aliphatic rings. The molecule has 0 aromatic rings. The van der Waals surface area contributed by atoms with E-state index in [1.54, 1.807) is 4.31 Å². The van der Waals surface area contributed by atoms with Crippen molar-refractivity contribution in [2.24, 2.45) is 16.3 Å². The maximum atomic E-state index is 11.6. The SMILES string of the molecule is CCCCCC(C)(C)CN=C(NCC)NCC1CCN(S(C)(=O)=O)CC1.I. The van der Waals surface area contributed by atoms with Crippen LogP contribution in [0.15, 0.2) is 4.99 Å². The van der Waals surface area contributed by atoms with Crippen molar-refractivity contribution in [2.45, 2.75) is 66.2 Å². The minimum Gasteiger partial charge on any atom is -0.357 e. The Morgan fingerprint density at radius 2 is 1.78 bits per heavy atom. The third-order valence-corrected chi connectivity index (χ3v) is 6.37. The molecule has 0 spiro atoms. The molecule has 8 heteroatoms. The number of halogens is 1. The summed E-state index contributed by atoms with van der Waals surface area (Å²) in [5, 5.41) is 6.78. The van der Waals surface area contributed by atoms with E-state index in [2.05, 4.69) is 38.3 Å². The van der Waals surface area contributed by atoms with E-state index in [0.29, 0.717) is 19.0 Å². The van der Waals surface area contributed by atoms with Gasteiger partial charge in [0.1, 0.15) is 0 Å². The van der Waals surface area contributed by atoms with Crippen molar-refractivity contribution in [1.82, 2.24) is 14.9 Å². The predicted molar refractivity (Wildman–Crippen MR) is 126 cm³/mol. The van der Waals surface area contributed by atoms with Crippen molar-refractivity contribution in [1.29, 1.82) is 0 Å². The lowest BCUT2D eigenvalue weighted by Gasteiger charge is -2.30. The minimum absolute atomic E-state index is 0. The Kier molecular flexibility index (Phi) is 13.1. The van der Waals surface area contributed by atoms with Gasteiger partial charge < -0.3 is 10.6 Å². The van der Waals surface area contributed by atoms with Crippen molar-refractivity contribution in [3.05, 3.63) is 0 Å². The number of nitrogens with zero attached hydrogens (tertiary/aromatic N) is 2. The van der Waals surface area contributed by atoms with Crippen LogP contribution in [0, 0.1) is 11.3 Å². The van der Waals surface area contributed by atoms with Crippen LogP contribution in [-0.4, -0.2) is 57.7 Å². The summed E-state index contributed by atoms with van der Waals surface area (Å²) in [6, 6.07) is 0. The van der Waals surface area contributed by atoms with E-state index in [1.807, 2.05) is 0 Å². The quantitative estimate of drug-likeness (QED) is 0.202. The van der Waals surface area contributed by atoms with Gasteiger partial charge >= 0.3 is 0 Å². The van der Waals surface area contributed by atoms with Crippen LogP contribution in [0.5, 0.6) is 0 Å². The zero-order chi connectivity index (χ0) is 19.6. The van der Waals surface area contributed by atoms with Gasteiger partial charge in [-0.25, -0.2) is 12.7 Å². The molecule has 1 rings (SSSR count). The van der Waals surface area contributed by atoms with Crippen molar-refractivity contribution in [3.63, 3.8) is 0 Å². The van der Waals surface area contributed by atoms with Gasteiger partial charge in [-0.05, 0) is 37.5 Å². The first-order valence-electron chi connectivity index (χ1n) is 10.1. The second kappa shape index (κ2) is 13.2. The van der Waals surface area contributed by atoms with Gasteiger partial charge in [-0.1, -0.05) is 40.0 Å². The van der Waals surface area contributed by atoms with E-state index in [0.717, 1.165) is 38.4 Å². The van der Waals surface area contributed by atoms with Gasteiger partial charge in [0.05, 0.1) is 6.26 Å².